The van der Waals surface area contributed by atoms with Crippen LogP contribution in [0.4, 0.5) is 0 Å². The van der Waals surface area contributed by atoms with Crippen molar-refractivity contribution in [2.75, 3.05) is 0 Å². The monoisotopic (exact) mass is 442 g/mol. The Kier molecular flexibility index (Phi) is 7.87. The Labute approximate surface area is 168 Å². The van der Waals surface area contributed by atoms with Gasteiger partial charge >= 0.3 is 37.9 Å². The fourth-order valence-corrected chi connectivity index (χ4v) is 3.52. The summed E-state index contributed by atoms with van der Waals surface area (Å²) in [6, 6.07) is 0. The quantitative estimate of drug-likeness (QED) is 0.385. The summed E-state index contributed by atoms with van der Waals surface area (Å²) < 4.78 is 0. The van der Waals surface area contributed by atoms with E-state index in [2.05, 4.69) is 79.7 Å². The third-order valence-electron chi connectivity index (χ3n) is 4.56. The second-order valence-electron chi connectivity index (χ2n) is 8.94. The van der Waals surface area contributed by atoms with Gasteiger partial charge in [-0.3, -0.25) is 12.2 Å². The number of rotatable bonds is 2. The zero-order valence-corrected chi connectivity index (χ0v) is 20.3. The zero-order chi connectivity index (χ0) is 18.8. The minimum absolute atomic E-state index is 0.0399. The molecule has 0 unspecified atom stereocenters. The van der Waals surface area contributed by atoms with E-state index in [-0.39, 0.29) is 16.2 Å². The Morgan fingerprint density at radius 3 is 1.29 bits per heavy atom. The SMILES string of the molecule is CC(C)(C)C1=[C-]CC=C1C(C)(C)C1=CC[C-]=C1C(C)(C)C.[Cl][Zr+2][Cl]. The molecule has 0 saturated heterocycles. The molecule has 2 aliphatic carbocycles. The van der Waals surface area contributed by atoms with Crippen molar-refractivity contribution in [1.82, 2.24) is 0 Å². The van der Waals surface area contributed by atoms with Crippen LogP contribution in [0.5, 0.6) is 0 Å². The van der Waals surface area contributed by atoms with Crippen LogP contribution in [0.25, 0.3) is 0 Å². The van der Waals surface area contributed by atoms with Gasteiger partial charge in [0.25, 0.3) is 0 Å². The summed E-state index contributed by atoms with van der Waals surface area (Å²) in [4.78, 5) is 0. The Balaban J connectivity index is 0.000000891. The molecule has 0 spiro atoms. The van der Waals surface area contributed by atoms with Gasteiger partial charge in [-0.25, -0.2) is 22.3 Å². The van der Waals surface area contributed by atoms with Gasteiger partial charge < -0.3 is 0 Å². The summed E-state index contributed by atoms with van der Waals surface area (Å²) in [5.41, 5.74) is 6.08. The van der Waals surface area contributed by atoms with E-state index in [0.29, 0.717) is 0 Å². The van der Waals surface area contributed by atoms with Gasteiger partial charge in [0.2, 0.25) is 0 Å². The van der Waals surface area contributed by atoms with Crippen molar-refractivity contribution in [3.8, 4) is 0 Å². The van der Waals surface area contributed by atoms with Crippen LogP contribution < -0.4 is 0 Å². The van der Waals surface area contributed by atoms with E-state index >= 15 is 0 Å². The molecule has 0 aromatic carbocycles. The Morgan fingerprint density at radius 2 is 1.04 bits per heavy atom. The van der Waals surface area contributed by atoms with Crippen LogP contribution >= 0.6 is 17.0 Å². The van der Waals surface area contributed by atoms with Crippen molar-refractivity contribution in [2.24, 2.45) is 16.2 Å². The van der Waals surface area contributed by atoms with Gasteiger partial charge in [-0.05, 0) is 10.8 Å². The summed E-state index contributed by atoms with van der Waals surface area (Å²) in [6.45, 7) is 18.5. The molecule has 0 fully saturated rings. The normalized spacial score (nSPS) is 18.1. The fourth-order valence-electron chi connectivity index (χ4n) is 3.52. The van der Waals surface area contributed by atoms with E-state index in [9.17, 15) is 0 Å². The molecular weight excluding hydrogens is 414 g/mol. The molecule has 2 aliphatic rings. The van der Waals surface area contributed by atoms with Crippen LogP contribution in [0, 0.1) is 28.4 Å². The van der Waals surface area contributed by atoms with Crippen molar-refractivity contribution < 1.29 is 20.8 Å². The van der Waals surface area contributed by atoms with Gasteiger partial charge in [-0.2, -0.15) is 12.2 Å². The fraction of sp³-hybridized carbons (Fsp3) is 0.619. The van der Waals surface area contributed by atoms with Gasteiger partial charge in [0, 0.05) is 0 Å². The van der Waals surface area contributed by atoms with Crippen LogP contribution in [0.3, 0.4) is 0 Å². The molecule has 0 atom stereocenters. The third kappa shape index (κ3) is 5.21. The van der Waals surface area contributed by atoms with Gasteiger partial charge in [-0.1, -0.05) is 55.4 Å². The topological polar surface area (TPSA) is 0 Å². The van der Waals surface area contributed by atoms with Gasteiger partial charge in [-0.15, -0.1) is 18.3 Å². The first-order chi connectivity index (χ1) is 10.9. The standard InChI is InChI=1S/C21H30.2ClH.Zr/c1-19(2,3)15-11-9-13-17(15)21(7,8)18-14-10-12-16(18)20(4,5)6;;;/h13-14H,9-10H2,1-8H3;2*1H;/q-2;;;+4/p-2. The molecule has 132 valence electrons. The molecule has 0 aromatic heterocycles. The molecule has 0 nitrogen and oxygen atoms in total. The summed E-state index contributed by atoms with van der Waals surface area (Å²) >= 11 is -0.826. The Hall–Kier alpha value is 0.423. The first kappa shape index (κ1) is 22.5. The minimum atomic E-state index is -0.826. The Morgan fingerprint density at radius 1 is 0.750 bits per heavy atom. The molecule has 0 radical (unpaired) electrons. The summed E-state index contributed by atoms with van der Waals surface area (Å²) in [5.74, 6) is 0. The van der Waals surface area contributed by atoms with Gasteiger partial charge in [0.05, 0.1) is 0 Å². The molecule has 0 saturated carbocycles. The van der Waals surface area contributed by atoms with E-state index in [1.165, 1.54) is 22.3 Å². The van der Waals surface area contributed by atoms with Crippen molar-refractivity contribution in [3.63, 3.8) is 0 Å². The second kappa shape index (κ2) is 8.41. The maximum absolute atomic E-state index is 4.93. The average Bonchev–Trinajstić information content (AvgIpc) is 3.08. The van der Waals surface area contributed by atoms with Crippen molar-refractivity contribution in [3.05, 3.63) is 46.6 Å². The molecule has 24 heavy (non-hydrogen) atoms. The predicted octanol–water partition coefficient (Wildman–Crippen LogP) is 7.60. The van der Waals surface area contributed by atoms with Crippen molar-refractivity contribution in [2.45, 2.75) is 68.2 Å². The molecule has 0 N–H and O–H groups in total. The number of hydrogen-bond acceptors (Lipinski definition) is 0. The molecular formula is C21H30Cl2Zr. The molecule has 3 heteroatoms. The molecule has 0 heterocycles. The summed E-state index contributed by atoms with van der Waals surface area (Å²) in [5, 5.41) is 0. The van der Waals surface area contributed by atoms with Crippen LogP contribution in [-0.2, 0) is 20.8 Å². The van der Waals surface area contributed by atoms with Crippen molar-refractivity contribution in [1.29, 1.82) is 0 Å². The van der Waals surface area contributed by atoms with E-state index in [1.54, 1.807) is 0 Å². The summed E-state index contributed by atoms with van der Waals surface area (Å²) in [6.07, 6.45) is 13.9. The number of halogens is 2. The van der Waals surface area contributed by atoms with Crippen LogP contribution in [0.15, 0.2) is 34.4 Å². The maximum atomic E-state index is 4.93. The van der Waals surface area contributed by atoms with Crippen molar-refractivity contribution >= 4 is 17.0 Å². The predicted molar refractivity (Wildman–Crippen MR) is 103 cm³/mol. The molecule has 2 rings (SSSR count). The van der Waals surface area contributed by atoms with Crippen LogP contribution in [0.2, 0.25) is 0 Å². The molecule has 0 bridgehead atoms. The first-order valence-electron chi connectivity index (χ1n) is 8.48. The van der Waals surface area contributed by atoms with E-state index in [4.69, 9.17) is 17.0 Å². The van der Waals surface area contributed by atoms with Gasteiger partial charge in [0.1, 0.15) is 0 Å². The number of allylic oxidation sites excluding steroid dienone is 8. The average molecular weight is 445 g/mol. The first-order valence-corrected chi connectivity index (χ1v) is 14.8. The van der Waals surface area contributed by atoms with Crippen LogP contribution in [-0.4, -0.2) is 0 Å². The zero-order valence-electron chi connectivity index (χ0n) is 16.3. The third-order valence-corrected chi connectivity index (χ3v) is 4.56. The summed E-state index contributed by atoms with van der Waals surface area (Å²) in [7, 11) is 9.87. The number of hydrogen-bond donors (Lipinski definition) is 0. The molecule has 0 aromatic rings. The Bertz CT molecular complexity index is 526. The second-order valence-corrected chi connectivity index (χ2v) is 12.7. The molecule has 0 aliphatic heterocycles. The molecule has 0 amide bonds. The van der Waals surface area contributed by atoms with E-state index in [0.717, 1.165) is 12.8 Å². The van der Waals surface area contributed by atoms with Gasteiger partial charge in [0.15, 0.2) is 0 Å². The van der Waals surface area contributed by atoms with E-state index < -0.39 is 20.8 Å². The van der Waals surface area contributed by atoms with E-state index in [1.807, 2.05) is 0 Å². The van der Waals surface area contributed by atoms with Crippen LogP contribution in [0.1, 0.15) is 68.2 Å².